The number of hydrogen-bond acceptors (Lipinski definition) is 0. The first-order valence-electron chi connectivity index (χ1n) is 0.900. The van der Waals surface area contributed by atoms with E-state index in [0.29, 0.717) is 0 Å². The first-order valence-corrected chi connectivity index (χ1v) is 1.71. The summed E-state index contributed by atoms with van der Waals surface area (Å²) in [5, 5.41) is 8.76. The predicted octanol–water partition coefficient (Wildman–Crippen LogP) is 1.69. The molecular weight excluding hydrogens is 111 g/mol. The Labute approximate surface area is 39.8 Å². The van der Waals surface area contributed by atoms with Gasteiger partial charge in [-0.15, -0.1) is 0 Å². The molecule has 1 radical (unpaired) electrons. The molecule has 0 aliphatic heterocycles. The molecule has 0 aromatic carbocycles. The van der Waals surface area contributed by atoms with Gasteiger partial charge in [-0.05, 0) is 11.6 Å². The van der Waals surface area contributed by atoms with E-state index >= 15 is 0 Å². The van der Waals surface area contributed by atoms with Crippen molar-refractivity contribution in [3.8, 4) is 0 Å². The Hall–Kier alpha value is 0.120. The molecule has 0 spiro atoms. The first kappa shape index (κ1) is 5.12. The molecule has 0 atom stereocenters. The third-order valence-corrected chi connectivity index (χ3v) is 0.505. The lowest BCUT2D eigenvalue weighted by Gasteiger charge is -1.61. The Morgan fingerprint density at radius 2 is 2.00 bits per heavy atom. The van der Waals surface area contributed by atoms with Gasteiger partial charge in [-0.25, -0.2) is 0 Å². The Balaban J connectivity index is 3.14. The number of halogens is 2. The fourth-order valence-corrected chi connectivity index (χ4v) is 0. The highest BCUT2D eigenvalue weighted by Gasteiger charge is 1.75. The van der Waals surface area contributed by atoms with Crippen molar-refractivity contribution in [2.24, 2.45) is 0 Å². The van der Waals surface area contributed by atoms with Crippen LogP contribution in [0.15, 0.2) is 10.8 Å². The quantitative estimate of drug-likeness (QED) is 0.425. The Kier molecular flexibility index (Phi) is 2.42. The molecule has 0 unspecified atom stereocenters. The van der Waals surface area contributed by atoms with Gasteiger partial charge in [0.1, 0.15) is 0 Å². The summed E-state index contributed by atoms with van der Waals surface area (Å²) in [6.07, 6.45) is 0. The summed E-state index contributed by atoms with van der Waals surface area (Å²) in [5.74, 6) is 0. The topological polar surface area (TPSA) is 19.9 Å². The predicted molar refractivity (Wildman–Crippen MR) is 20.5 cm³/mol. The summed E-state index contributed by atoms with van der Waals surface area (Å²) in [4.78, 5) is 0. The van der Waals surface area contributed by atoms with Gasteiger partial charge in [0.25, 0.3) is 5.22 Å². The van der Waals surface area contributed by atoms with Crippen LogP contribution in [-0.4, -0.2) is 0 Å². The van der Waals surface area contributed by atoms with Crippen molar-refractivity contribution < 1.29 is 5.11 Å². The van der Waals surface area contributed by atoms with E-state index in [1.807, 2.05) is 0 Å². The summed E-state index contributed by atoms with van der Waals surface area (Å²) in [6, 6.07) is 0. The summed E-state index contributed by atoms with van der Waals surface area (Å²) >= 11 is 9.37. The van der Waals surface area contributed by atoms with E-state index in [-0.39, 0.29) is 0 Å². The highest BCUT2D eigenvalue weighted by Crippen LogP contribution is 1.94. The van der Waals surface area contributed by atoms with Crippen LogP contribution in [0.4, 0.5) is 0 Å². The third-order valence-electron chi connectivity index (χ3n) is 0.0858. The second-order valence-electron chi connectivity index (χ2n) is 0.413. The lowest BCUT2D eigenvalue weighted by molar-refractivity contribution is 0.334. The maximum absolute atomic E-state index is 9.39. The van der Waals surface area contributed by atoms with Gasteiger partial charge in [0.2, 0.25) is 0 Å². The molecule has 0 aromatic rings. The first-order chi connectivity index (χ1) is 2.27. The SMILES string of the molecule is [O]/C(Cl)=C/Cl. The lowest BCUT2D eigenvalue weighted by atomic mass is 11.2. The van der Waals surface area contributed by atoms with Crippen LogP contribution in [0, 0.1) is 0 Å². The minimum absolute atomic E-state index is 0.633. The molecule has 0 aromatic heterocycles. The zero-order valence-corrected chi connectivity index (χ0v) is 3.75. The van der Waals surface area contributed by atoms with Gasteiger partial charge in [-0.3, -0.25) is 5.11 Å². The van der Waals surface area contributed by atoms with E-state index in [0.717, 1.165) is 5.54 Å². The fourth-order valence-electron chi connectivity index (χ4n) is 0. The molecule has 0 aliphatic carbocycles. The molecule has 1 nitrogen and oxygen atoms in total. The maximum atomic E-state index is 9.39. The van der Waals surface area contributed by atoms with Gasteiger partial charge in [-0.1, -0.05) is 11.6 Å². The summed E-state index contributed by atoms with van der Waals surface area (Å²) in [7, 11) is 0. The molecule has 0 saturated carbocycles. The molecule has 5 heavy (non-hydrogen) atoms. The van der Waals surface area contributed by atoms with Gasteiger partial charge in [0.05, 0.1) is 5.54 Å². The maximum Gasteiger partial charge on any atom is 0.256 e. The Bertz CT molecular complexity index is 45.6. The summed E-state index contributed by atoms with van der Waals surface area (Å²) in [6.45, 7) is 0. The van der Waals surface area contributed by atoms with Crippen LogP contribution in [0.25, 0.3) is 0 Å². The largest absolute Gasteiger partial charge is 0.275 e. The van der Waals surface area contributed by atoms with Crippen molar-refractivity contribution in [1.29, 1.82) is 0 Å². The Morgan fingerprint density at radius 1 is 1.80 bits per heavy atom. The molecule has 0 bridgehead atoms. The highest BCUT2D eigenvalue weighted by molar-refractivity contribution is 6.35. The van der Waals surface area contributed by atoms with E-state index in [1.54, 1.807) is 0 Å². The molecule has 29 valence electrons. The number of rotatable bonds is 0. The lowest BCUT2D eigenvalue weighted by Crippen LogP contribution is -1.47. The molecule has 0 fully saturated rings. The summed E-state index contributed by atoms with van der Waals surface area (Å²) < 4.78 is 0. The highest BCUT2D eigenvalue weighted by atomic mass is 35.5. The molecule has 0 aliphatic rings. The van der Waals surface area contributed by atoms with E-state index < -0.39 is 5.22 Å². The smallest absolute Gasteiger partial charge is 0.256 e. The van der Waals surface area contributed by atoms with E-state index in [4.69, 9.17) is 11.6 Å². The monoisotopic (exact) mass is 111 g/mol. The van der Waals surface area contributed by atoms with Crippen LogP contribution in [-0.2, 0) is 5.11 Å². The van der Waals surface area contributed by atoms with Gasteiger partial charge in [0.15, 0.2) is 0 Å². The third kappa shape index (κ3) is 4.12. The van der Waals surface area contributed by atoms with E-state index in [2.05, 4.69) is 11.6 Å². The van der Waals surface area contributed by atoms with Crippen LogP contribution < -0.4 is 0 Å². The molecule has 0 heterocycles. The molecule has 0 rings (SSSR count). The van der Waals surface area contributed by atoms with Crippen LogP contribution in [0.1, 0.15) is 0 Å². The van der Waals surface area contributed by atoms with Crippen molar-refractivity contribution in [2.45, 2.75) is 0 Å². The molecular formula is C2HCl2O. The minimum atomic E-state index is -0.633. The summed E-state index contributed by atoms with van der Waals surface area (Å²) in [5.41, 5.74) is 0.765. The average molecular weight is 112 g/mol. The van der Waals surface area contributed by atoms with Crippen molar-refractivity contribution in [3.63, 3.8) is 0 Å². The standard InChI is InChI=1S/C2HCl2O/c3-1-2(4)5/h1H/b2-1+. The molecule has 0 amide bonds. The van der Waals surface area contributed by atoms with Crippen LogP contribution in [0.3, 0.4) is 0 Å². The molecule has 0 N–H and O–H groups in total. The van der Waals surface area contributed by atoms with E-state index in [1.165, 1.54) is 0 Å². The van der Waals surface area contributed by atoms with Crippen molar-refractivity contribution in [3.05, 3.63) is 10.8 Å². The Morgan fingerprint density at radius 3 is 2.00 bits per heavy atom. The zero-order chi connectivity index (χ0) is 4.28. The van der Waals surface area contributed by atoms with Crippen molar-refractivity contribution in [2.75, 3.05) is 0 Å². The molecule has 0 saturated heterocycles. The van der Waals surface area contributed by atoms with Gasteiger partial charge in [-0.2, -0.15) is 0 Å². The van der Waals surface area contributed by atoms with Crippen molar-refractivity contribution in [1.82, 2.24) is 0 Å². The second kappa shape index (κ2) is 2.36. The van der Waals surface area contributed by atoms with Gasteiger partial charge >= 0.3 is 0 Å². The fraction of sp³-hybridized carbons (Fsp3) is 0. The second-order valence-corrected chi connectivity index (χ2v) is 1.00. The minimum Gasteiger partial charge on any atom is -0.275 e. The van der Waals surface area contributed by atoms with Crippen molar-refractivity contribution >= 4 is 23.2 Å². The zero-order valence-electron chi connectivity index (χ0n) is 2.24. The number of hydrogen-bond donors (Lipinski definition) is 0. The van der Waals surface area contributed by atoms with Crippen LogP contribution >= 0.6 is 23.2 Å². The van der Waals surface area contributed by atoms with Gasteiger partial charge in [0, 0.05) is 0 Å². The van der Waals surface area contributed by atoms with Crippen LogP contribution in [0.5, 0.6) is 0 Å². The molecule has 3 heteroatoms. The normalized spacial score (nSPS) is 12.0. The van der Waals surface area contributed by atoms with Crippen LogP contribution in [0.2, 0.25) is 0 Å². The van der Waals surface area contributed by atoms with E-state index in [9.17, 15) is 5.11 Å². The van der Waals surface area contributed by atoms with Gasteiger partial charge < -0.3 is 0 Å². The average Bonchev–Trinajstić information content (AvgIpc) is 1.38.